The monoisotopic (exact) mass is 329 g/mol. The van der Waals surface area contributed by atoms with E-state index in [1.807, 2.05) is 6.92 Å². The summed E-state index contributed by atoms with van der Waals surface area (Å²) in [6.45, 7) is 3.48. The second-order valence-electron chi connectivity index (χ2n) is 5.79. The number of nitrogens with one attached hydrogen (secondary N) is 2. The first kappa shape index (κ1) is 15.7. The summed E-state index contributed by atoms with van der Waals surface area (Å²) in [5.74, 6) is -0.0639. The molecule has 2 aromatic rings. The summed E-state index contributed by atoms with van der Waals surface area (Å²) < 4.78 is 0. The largest absolute Gasteiger partial charge is 0.326 e. The highest BCUT2D eigenvalue weighted by Gasteiger charge is 2.27. The molecule has 0 fully saturated rings. The smallest absolute Gasteiger partial charge is 0.227 e. The molecule has 1 atom stereocenters. The molecular formula is C17H19N3O2S. The van der Waals surface area contributed by atoms with E-state index in [0.29, 0.717) is 0 Å². The summed E-state index contributed by atoms with van der Waals surface area (Å²) in [6.07, 6.45) is 2.49. The van der Waals surface area contributed by atoms with Crippen LogP contribution in [0.5, 0.6) is 0 Å². The Bertz CT molecular complexity index is 737. The third kappa shape index (κ3) is 3.76. The fraction of sp³-hybridized carbons (Fsp3) is 0.353. The van der Waals surface area contributed by atoms with Gasteiger partial charge >= 0.3 is 0 Å². The molecule has 0 bridgehead atoms. The molecule has 1 aliphatic carbocycles. The maximum Gasteiger partial charge on any atom is 0.227 e. The number of aromatic nitrogens is 1. The second kappa shape index (κ2) is 6.50. The first-order valence-electron chi connectivity index (χ1n) is 7.65. The van der Waals surface area contributed by atoms with Gasteiger partial charge in [0, 0.05) is 29.1 Å². The second-order valence-corrected chi connectivity index (χ2v) is 7.08. The number of benzene rings is 1. The van der Waals surface area contributed by atoms with Crippen molar-refractivity contribution in [2.75, 3.05) is 10.6 Å². The lowest BCUT2D eigenvalue weighted by Gasteiger charge is -2.20. The Morgan fingerprint density at radius 3 is 2.48 bits per heavy atom. The molecule has 1 unspecified atom stereocenters. The highest BCUT2D eigenvalue weighted by atomic mass is 32.1. The van der Waals surface area contributed by atoms with Crippen LogP contribution in [0.1, 0.15) is 28.9 Å². The Morgan fingerprint density at radius 1 is 1.17 bits per heavy atom. The summed E-state index contributed by atoms with van der Waals surface area (Å²) in [5, 5.41) is 6.74. The van der Waals surface area contributed by atoms with Crippen LogP contribution >= 0.6 is 11.3 Å². The number of nitrogens with zero attached hydrogens (tertiary/aromatic N) is 1. The van der Waals surface area contributed by atoms with Gasteiger partial charge in [-0.05, 0) is 50.5 Å². The van der Waals surface area contributed by atoms with Crippen molar-refractivity contribution in [1.29, 1.82) is 0 Å². The fourth-order valence-corrected chi connectivity index (χ4v) is 3.87. The van der Waals surface area contributed by atoms with Crippen LogP contribution in [0.25, 0.3) is 0 Å². The van der Waals surface area contributed by atoms with Crippen LogP contribution in [0.2, 0.25) is 0 Å². The number of amides is 2. The number of carbonyl (C=O) groups excluding carboxylic acids is 2. The van der Waals surface area contributed by atoms with Crippen LogP contribution in [0, 0.1) is 12.8 Å². The van der Waals surface area contributed by atoms with Crippen LogP contribution in [0.4, 0.5) is 11.4 Å². The average molecular weight is 329 g/mol. The molecule has 1 heterocycles. The summed E-state index contributed by atoms with van der Waals surface area (Å²) in [4.78, 5) is 29.2. The van der Waals surface area contributed by atoms with Crippen LogP contribution in [0.15, 0.2) is 24.3 Å². The van der Waals surface area contributed by atoms with E-state index < -0.39 is 0 Å². The lowest BCUT2D eigenvalue weighted by atomic mass is 9.90. The van der Waals surface area contributed by atoms with Gasteiger partial charge in [-0.3, -0.25) is 9.59 Å². The lowest BCUT2D eigenvalue weighted by molar-refractivity contribution is -0.120. The molecule has 1 aliphatic rings. The van der Waals surface area contributed by atoms with Crippen molar-refractivity contribution >= 4 is 34.5 Å². The molecule has 23 heavy (non-hydrogen) atoms. The Hall–Kier alpha value is -2.21. The minimum atomic E-state index is -0.111. The Labute approximate surface area is 139 Å². The molecule has 2 N–H and O–H groups in total. The molecule has 2 amide bonds. The SMILES string of the molecule is CC(=O)Nc1ccc(NC(=O)C2CCc3nc(C)sc3C2)cc1. The predicted octanol–water partition coefficient (Wildman–Crippen LogP) is 3.15. The van der Waals surface area contributed by atoms with Gasteiger partial charge < -0.3 is 10.6 Å². The van der Waals surface area contributed by atoms with E-state index in [0.717, 1.165) is 41.3 Å². The normalized spacial score (nSPS) is 16.5. The molecule has 120 valence electrons. The first-order chi connectivity index (χ1) is 11.0. The molecule has 0 saturated carbocycles. The molecule has 6 heteroatoms. The Balaban J connectivity index is 1.62. The third-order valence-corrected chi connectivity index (χ3v) is 4.93. The van der Waals surface area contributed by atoms with Gasteiger partial charge in [0.25, 0.3) is 0 Å². The van der Waals surface area contributed by atoms with Crippen molar-refractivity contribution in [3.63, 3.8) is 0 Å². The van der Waals surface area contributed by atoms with Crippen LogP contribution in [0.3, 0.4) is 0 Å². The summed E-state index contributed by atoms with van der Waals surface area (Å²) in [6, 6.07) is 7.16. The van der Waals surface area contributed by atoms with E-state index in [-0.39, 0.29) is 17.7 Å². The van der Waals surface area contributed by atoms with E-state index in [1.54, 1.807) is 35.6 Å². The minimum absolute atomic E-state index is 0.00243. The number of carbonyl (C=O) groups is 2. The molecule has 0 aliphatic heterocycles. The van der Waals surface area contributed by atoms with E-state index in [9.17, 15) is 9.59 Å². The average Bonchev–Trinajstić information content (AvgIpc) is 2.87. The van der Waals surface area contributed by atoms with Gasteiger partial charge in [-0.2, -0.15) is 0 Å². The Kier molecular flexibility index (Phi) is 4.43. The highest BCUT2D eigenvalue weighted by Crippen LogP contribution is 2.30. The van der Waals surface area contributed by atoms with Gasteiger partial charge in [0.15, 0.2) is 0 Å². The summed E-state index contributed by atoms with van der Waals surface area (Å²) in [5.41, 5.74) is 2.63. The van der Waals surface area contributed by atoms with E-state index >= 15 is 0 Å². The van der Waals surface area contributed by atoms with Gasteiger partial charge in [0.05, 0.1) is 10.7 Å². The van der Waals surface area contributed by atoms with Crippen molar-refractivity contribution in [3.8, 4) is 0 Å². The molecular weight excluding hydrogens is 310 g/mol. The summed E-state index contributed by atoms with van der Waals surface area (Å²) >= 11 is 1.69. The van der Waals surface area contributed by atoms with Crippen LogP contribution in [-0.4, -0.2) is 16.8 Å². The van der Waals surface area contributed by atoms with Gasteiger partial charge in [0.2, 0.25) is 11.8 Å². The van der Waals surface area contributed by atoms with Crippen molar-refractivity contribution in [1.82, 2.24) is 4.98 Å². The van der Waals surface area contributed by atoms with Gasteiger partial charge in [-0.25, -0.2) is 4.98 Å². The maximum absolute atomic E-state index is 12.5. The lowest BCUT2D eigenvalue weighted by Crippen LogP contribution is -2.27. The Morgan fingerprint density at radius 2 is 1.83 bits per heavy atom. The zero-order valence-corrected chi connectivity index (χ0v) is 14.0. The number of thiazole rings is 1. The number of aryl methyl sites for hydroxylation is 2. The number of rotatable bonds is 3. The summed E-state index contributed by atoms with van der Waals surface area (Å²) in [7, 11) is 0. The fourth-order valence-electron chi connectivity index (χ4n) is 2.81. The van der Waals surface area contributed by atoms with Crippen molar-refractivity contribution < 1.29 is 9.59 Å². The minimum Gasteiger partial charge on any atom is -0.326 e. The van der Waals surface area contributed by atoms with Crippen molar-refractivity contribution in [2.45, 2.75) is 33.1 Å². The number of hydrogen-bond donors (Lipinski definition) is 2. The highest BCUT2D eigenvalue weighted by molar-refractivity contribution is 7.11. The number of hydrogen-bond acceptors (Lipinski definition) is 4. The van der Waals surface area contributed by atoms with Gasteiger partial charge in [-0.15, -0.1) is 11.3 Å². The van der Waals surface area contributed by atoms with Crippen LogP contribution < -0.4 is 10.6 Å². The first-order valence-corrected chi connectivity index (χ1v) is 8.46. The molecule has 0 saturated heterocycles. The molecule has 3 rings (SSSR count). The maximum atomic E-state index is 12.5. The number of fused-ring (bicyclic) bond motifs is 1. The van der Waals surface area contributed by atoms with Gasteiger partial charge in [-0.1, -0.05) is 0 Å². The zero-order chi connectivity index (χ0) is 16.4. The molecule has 1 aromatic heterocycles. The zero-order valence-electron chi connectivity index (χ0n) is 13.2. The third-order valence-electron chi connectivity index (χ3n) is 3.89. The standard InChI is InChI=1S/C17H19N3O2S/c1-10(21)18-13-4-6-14(7-5-13)20-17(22)12-3-8-15-16(9-12)23-11(2)19-15/h4-7,12H,3,8-9H2,1-2H3,(H,18,21)(H,20,22). The molecule has 0 radical (unpaired) electrons. The number of anilines is 2. The van der Waals surface area contributed by atoms with Crippen molar-refractivity contribution in [2.24, 2.45) is 5.92 Å². The van der Waals surface area contributed by atoms with Crippen molar-refractivity contribution in [3.05, 3.63) is 39.8 Å². The molecule has 1 aromatic carbocycles. The topological polar surface area (TPSA) is 71.1 Å². The molecule has 5 nitrogen and oxygen atoms in total. The van der Waals surface area contributed by atoms with E-state index in [4.69, 9.17) is 0 Å². The van der Waals surface area contributed by atoms with Gasteiger partial charge in [0.1, 0.15) is 0 Å². The predicted molar refractivity (Wildman–Crippen MR) is 91.7 cm³/mol. The van der Waals surface area contributed by atoms with E-state index in [1.165, 1.54) is 11.8 Å². The van der Waals surface area contributed by atoms with E-state index in [2.05, 4.69) is 15.6 Å². The van der Waals surface area contributed by atoms with Crippen LogP contribution in [-0.2, 0) is 22.4 Å². The molecule has 0 spiro atoms. The quantitative estimate of drug-likeness (QED) is 0.908.